The van der Waals surface area contributed by atoms with Crippen LogP contribution in [0.1, 0.15) is 56.0 Å². The minimum Gasteiger partial charge on any atom is -0.494 e. The van der Waals surface area contributed by atoms with E-state index in [1.54, 1.807) is 24.3 Å². The molecule has 0 fully saturated rings. The van der Waals surface area contributed by atoms with Gasteiger partial charge in [0, 0.05) is 11.3 Å². The van der Waals surface area contributed by atoms with Crippen molar-refractivity contribution in [1.29, 1.82) is 0 Å². The first-order chi connectivity index (χ1) is 14.8. The molecule has 7 heteroatoms. The van der Waals surface area contributed by atoms with Crippen LogP contribution in [-0.2, 0) is 14.3 Å². The highest BCUT2D eigenvalue weighted by atomic mass is 16.5. The maximum absolute atomic E-state index is 12.5. The predicted octanol–water partition coefficient (Wildman–Crippen LogP) is 3.90. The number of anilines is 1. The molecule has 0 spiro atoms. The lowest BCUT2D eigenvalue weighted by Gasteiger charge is -2.18. The standard InChI is InChI=1S/C24H30N2O5/c1-5-16(3)20-9-7-8-10-21(20)26-23(28)17(4)31-22(27)15-25-24(29)18-11-13-19(14-12-18)30-6-2/h7-14,16-17H,5-6,15H2,1-4H3,(H,25,29)(H,26,28)/t16-,17+/m0/s1. The van der Waals surface area contributed by atoms with E-state index in [-0.39, 0.29) is 12.5 Å². The fourth-order valence-electron chi connectivity index (χ4n) is 2.91. The van der Waals surface area contributed by atoms with Crippen LogP contribution >= 0.6 is 0 Å². The Kier molecular flexibility index (Phi) is 9.06. The summed E-state index contributed by atoms with van der Waals surface area (Å²) in [5, 5.41) is 5.31. The molecule has 0 bridgehead atoms. The van der Waals surface area contributed by atoms with Gasteiger partial charge in [-0.3, -0.25) is 14.4 Å². The van der Waals surface area contributed by atoms with Gasteiger partial charge in [-0.25, -0.2) is 0 Å². The van der Waals surface area contributed by atoms with Gasteiger partial charge in [0.05, 0.1) is 6.61 Å². The van der Waals surface area contributed by atoms with Crippen LogP contribution < -0.4 is 15.4 Å². The third kappa shape index (κ3) is 7.13. The summed E-state index contributed by atoms with van der Waals surface area (Å²) in [4.78, 5) is 36.7. The van der Waals surface area contributed by atoms with Crippen molar-refractivity contribution in [2.45, 2.75) is 46.1 Å². The Balaban J connectivity index is 1.85. The summed E-state index contributed by atoms with van der Waals surface area (Å²) in [7, 11) is 0. The number of nitrogens with one attached hydrogen (secondary N) is 2. The number of hydrogen-bond donors (Lipinski definition) is 2. The fraction of sp³-hybridized carbons (Fsp3) is 0.375. The van der Waals surface area contributed by atoms with Crippen molar-refractivity contribution in [1.82, 2.24) is 5.32 Å². The van der Waals surface area contributed by atoms with Crippen LogP contribution in [0.5, 0.6) is 5.75 Å². The summed E-state index contributed by atoms with van der Waals surface area (Å²) in [5.41, 5.74) is 2.12. The van der Waals surface area contributed by atoms with Gasteiger partial charge < -0.3 is 20.1 Å². The molecule has 0 saturated carbocycles. The zero-order chi connectivity index (χ0) is 22.8. The van der Waals surface area contributed by atoms with Crippen LogP contribution in [0.15, 0.2) is 48.5 Å². The number of rotatable bonds is 10. The molecule has 2 aromatic rings. The molecule has 2 rings (SSSR count). The second-order valence-corrected chi connectivity index (χ2v) is 7.16. The van der Waals surface area contributed by atoms with Gasteiger partial charge in [-0.15, -0.1) is 0 Å². The van der Waals surface area contributed by atoms with Crippen LogP contribution in [0.3, 0.4) is 0 Å². The monoisotopic (exact) mass is 426 g/mol. The summed E-state index contributed by atoms with van der Waals surface area (Å²) < 4.78 is 10.5. The van der Waals surface area contributed by atoms with Crippen molar-refractivity contribution >= 4 is 23.5 Å². The minimum absolute atomic E-state index is 0.284. The highest BCUT2D eigenvalue weighted by Gasteiger charge is 2.20. The first-order valence-corrected chi connectivity index (χ1v) is 10.5. The smallest absolute Gasteiger partial charge is 0.326 e. The molecule has 166 valence electrons. The third-order valence-electron chi connectivity index (χ3n) is 4.86. The molecular weight excluding hydrogens is 396 g/mol. The van der Waals surface area contributed by atoms with Crippen LogP contribution in [0.25, 0.3) is 0 Å². The minimum atomic E-state index is -1.00. The summed E-state index contributed by atoms with van der Waals surface area (Å²) in [6.45, 7) is 7.72. The maximum Gasteiger partial charge on any atom is 0.326 e. The Labute approximate surface area is 183 Å². The highest BCUT2D eigenvalue weighted by molar-refractivity contribution is 5.97. The topological polar surface area (TPSA) is 93.7 Å². The van der Waals surface area contributed by atoms with Gasteiger partial charge in [-0.2, -0.15) is 0 Å². The summed E-state index contributed by atoms with van der Waals surface area (Å²) in [5.74, 6) is -0.598. The number of carbonyl (C=O) groups excluding carboxylic acids is 3. The Hall–Kier alpha value is -3.35. The molecule has 0 aromatic heterocycles. The molecule has 0 aliphatic carbocycles. The number of esters is 1. The van der Waals surface area contributed by atoms with Gasteiger partial charge in [-0.05, 0) is 62.1 Å². The molecule has 31 heavy (non-hydrogen) atoms. The van der Waals surface area contributed by atoms with Crippen LogP contribution in [0.4, 0.5) is 5.69 Å². The highest BCUT2D eigenvalue weighted by Crippen LogP contribution is 2.26. The Morgan fingerprint density at radius 1 is 0.968 bits per heavy atom. The van der Waals surface area contributed by atoms with Crippen molar-refractivity contribution in [2.24, 2.45) is 0 Å². The van der Waals surface area contributed by atoms with Gasteiger partial charge >= 0.3 is 5.97 Å². The van der Waals surface area contributed by atoms with Gasteiger partial charge in [0.25, 0.3) is 11.8 Å². The van der Waals surface area contributed by atoms with Crippen molar-refractivity contribution in [3.63, 3.8) is 0 Å². The fourth-order valence-corrected chi connectivity index (χ4v) is 2.91. The van der Waals surface area contributed by atoms with E-state index < -0.39 is 23.9 Å². The van der Waals surface area contributed by atoms with E-state index in [2.05, 4.69) is 24.5 Å². The molecule has 0 aliphatic heterocycles. The summed E-state index contributed by atoms with van der Waals surface area (Å²) in [6.07, 6.45) is -0.0641. The Morgan fingerprint density at radius 2 is 1.65 bits per heavy atom. The normalized spacial score (nSPS) is 12.4. The number of para-hydroxylation sites is 1. The zero-order valence-electron chi connectivity index (χ0n) is 18.4. The SMILES string of the molecule is CCOc1ccc(C(=O)NCC(=O)O[C@H](C)C(=O)Nc2ccccc2[C@@H](C)CC)cc1. The first-order valence-electron chi connectivity index (χ1n) is 10.5. The van der Waals surface area contributed by atoms with Gasteiger partial charge in [0.15, 0.2) is 6.10 Å². The number of carbonyl (C=O) groups is 3. The molecule has 2 amide bonds. The molecule has 0 aliphatic rings. The average molecular weight is 427 g/mol. The van der Waals surface area contributed by atoms with Crippen molar-refractivity contribution in [2.75, 3.05) is 18.5 Å². The molecule has 0 saturated heterocycles. The second kappa shape index (κ2) is 11.7. The van der Waals surface area contributed by atoms with Gasteiger partial charge in [-0.1, -0.05) is 32.0 Å². The molecule has 7 nitrogen and oxygen atoms in total. The molecule has 0 heterocycles. The molecular formula is C24H30N2O5. The van der Waals surface area contributed by atoms with E-state index in [0.717, 1.165) is 12.0 Å². The molecule has 2 aromatic carbocycles. The Morgan fingerprint density at radius 3 is 2.29 bits per heavy atom. The number of ether oxygens (including phenoxy) is 2. The summed E-state index contributed by atoms with van der Waals surface area (Å²) >= 11 is 0. The van der Waals surface area contributed by atoms with Crippen molar-refractivity contribution in [3.8, 4) is 5.75 Å². The van der Waals surface area contributed by atoms with Gasteiger partial charge in [0.1, 0.15) is 12.3 Å². The van der Waals surface area contributed by atoms with E-state index >= 15 is 0 Å². The molecule has 0 unspecified atom stereocenters. The summed E-state index contributed by atoms with van der Waals surface area (Å²) in [6, 6.07) is 14.1. The zero-order valence-corrected chi connectivity index (χ0v) is 18.4. The van der Waals surface area contributed by atoms with Crippen LogP contribution in [-0.4, -0.2) is 37.0 Å². The molecule has 2 N–H and O–H groups in total. The lowest BCUT2D eigenvalue weighted by atomic mass is 9.97. The van der Waals surface area contributed by atoms with E-state index in [9.17, 15) is 14.4 Å². The number of amides is 2. The quantitative estimate of drug-likeness (QED) is 0.562. The Bertz CT molecular complexity index is 895. The second-order valence-electron chi connectivity index (χ2n) is 7.16. The van der Waals surface area contributed by atoms with Crippen LogP contribution in [0.2, 0.25) is 0 Å². The number of hydrogen-bond acceptors (Lipinski definition) is 5. The van der Waals surface area contributed by atoms with Crippen molar-refractivity contribution in [3.05, 3.63) is 59.7 Å². The maximum atomic E-state index is 12.5. The lowest BCUT2D eigenvalue weighted by molar-refractivity contribution is -0.152. The average Bonchev–Trinajstić information content (AvgIpc) is 2.78. The molecule has 0 radical (unpaired) electrons. The first kappa shape index (κ1) is 23.9. The predicted molar refractivity (Wildman–Crippen MR) is 119 cm³/mol. The third-order valence-corrected chi connectivity index (χ3v) is 4.86. The van der Waals surface area contributed by atoms with E-state index in [1.165, 1.54) is 6.92 Å². The molecule has 2 atom stereocenters. The van der Waals surface area contributed by atoms with Crippen molar-refractivity contribution < 1.29 is 23.9 Å². The number of benzene rings is 2. The van der Waals surface area contributed by atoms with E-state index in [1.807, 2.05) is 31.2 Å². The van der Waals surface area contributed by atoms with E-state index in [4.69, 9.17) is 9.47 Å². The van der Waals surface area contributed by atoms with E-state index in [0.29, 0.717) is 23.6 Å². The lowest BCUT2D eigenvalue weighted by Crippen LogP contribution is -2.36. The van der Waals surface area contributed by atoms with Gasteiger partial charge in [0.2, 0.25) is 0 Å². The largest absolute Gasteiger partial charge is 0.494 e. The van der Waals surface area contributed by atoms with Crippen LogP contribution in [0, 0.1) is 0 Å².